The number of nitrogens with one attached hydrogen (secondary N) is 1. The molecule has 0 bridgehead atoms. The van der Waals surface area contributed by atoms with Crippen LogP contribution in [-0.4, -0.2) is 0 Å². The summed E-state index contributed by atoms with van der Waals surface area (Å²) in [6.07, 6.45) is 0. The summed E-state index contributed by atoms with van der Waals surface area (Å²) in [7, 11) is 0. The molecular formula is C13H8F2IN3. The zero-order chi connectivity index (χ0) is 14.0. The van der Waals surface area contributed by atoms with E-state index in [0.29, 0.717) is 14.9 Å². The van der Waals surface area contributed by atoms with Crippen LogP contribution in [0.1, 0.15) is 5.56 Å². The van der Waals surface area contributed by atoms with Gasteiger partial charge < -0.3 is 11.1 Å². The maximum Gasteiger partial charge on any atom is 0.143 e. The summed E-state index contributed by atoms with van der Waals surface area (Å²) >= 11 is 1.82. The summed E-state index contributed by atoms with van der Waals surface area (Å²) in [6.45, 7) is 0. The lowest BCUT2D eigenvalue weighted by molar-refractivity contribution is 0.621. The van der Waals surface area contributed by atoms with E-state index in [1.54, 1.807) is 6.07 Å². The molecule has 96 valence electrons. The van der Waals surface area contributed by atoms with Gasteiger partial charge in [-0.1, -0.05) is 6.07 Å². The highest BCUT2D eigenvalue weighted by Gasteiger charge is 2.11. The van der Waals surface area contributed by atoms with E-state index in [2.05, 4.69) is 5.32 Å². The minimum absolute atomic E-state index is 0.138. The van der Waals surface area contributed by atoms with Crippen LogP contribution in [0.4, 0.5) is 25.8 Å². The average Bonchev–Trinajstić information content (AvgIpc) is 2.36. The van der Waals surface area contributed by atoms with E-state index in [1.165, 1.54) is 30.3 Å². The predicted octanol–water partition coefficient (Wildman–Crippen LogP) is 3.77. The van der Waals surface area contributed by atoms with Gasteiger partial charge >= 0.3 is 0 Å². The van der Waals surface area contributed by atoms with E-state index >= 15 is 0 Å². The second-order valence-electron chi connectivity index (χ2n) is 3.75. The Kier molecular flexibility index (Phi) is 3.85. The lowest BCUT2D eigenvalue weighted by Crippen LogP contribution is -2.01. The van der Waals surface area contributed by atoms with Gasteiger partial charge in [0, 0.05) is 6.07 Å². The minimum Gasteiger partial charge on any atom is -0.397 e. The molecule has 0 spiro atoms. The van der Waals surface area contributed by atoms with Crippen molar-refractivity contribution in [2.45, 2.75) is 0 Å². The Morgan fingerprint density at radius 1 is 1.16 bits per heavy atom. The third kappa shape index (κ3) is 2.76. The van der Waals surface area contributed by atoms with Crippen molar-refractivity contribution in [3.05, 3.63) is 51.1 Å². The average molecular weight is 371 g/mol. The SMILES string of the molecule is N#Cc1c(F)cccc1Nc1cc(F)c(I)cc1N. The Morgan fingerprint density at radius 3 is 2.58 bits per heavy atom. The van der Waals surface area contributed by atoms with Gasteiger partial charge in [0.05, 0.1) is 20.6 Å². The van der Waals surface area contributed by atoms with E-state index in [-0.39, 0.29) is 11.3 Å². The maximum atomic E-state index is 13.5. The van der Waals surface area contributed by atoms with Crippen molar-refractivity contribution in [1.82, 2.24) is 0 Å². The fraction of sp³-hybridized carbons (Fsp3) is 0. The number of halogens is 3. The molecule has 3 nitrogen and oxygen atoms in total. The number of rotatable bonds is 2. The Balaban J connectivity index is 2.45. The molecule has 2 aromatic rings. The van der Waals surface area contributed by atoms with Gasteiger partial charge in [-0.05, 0) is 40.8 Å². The van der Waals surface area contributed by atoms with Crippen LogP contribution in [0.3, 0.4) is 0 Å². The monoisotopic (exact) mass is 371 g/mol. The summed E-state index contributed by atoms with van der Waals surface area (Å²) in [4.78, 5) is 0. The molecule has 0 radical (unpaired) electrons. The molecule has 0 saturated heterocycles. The topological polar surface area (TPSA) is 61.8 Å². The quantitative estimate of drug-likeness (QED) is 0.624. The molecule has 0 atom stereocenters. The molecule has 2 aromatic carbocycles. The standard InChI is InChI=1S/C13H8F2IN3/c14-8-2-1-3-12(7(8)6-17)19-13-4-9(15)10(16)5-11(13)18/h1-5,19H,18H2. The summed E-state index contributed by atoms with van der Waals surface area (Å²) in [6, 6.07) is 8.59. The summed E-state index contributed by atoms with van der Waals surface area (Å²) in [5, 5.41) is 11.7. The van der Waals surface area contributed by atoms with Gasteiger partial charge in [0.15, 0.2) is 0 Å². The van der Waals surface area contributed by atoms with Crippen molar-refractivity contribution in [2.75, 3.05) is 11.1 Å². The molecule has 0 aliphatic rings. The van der Waals surface area contributed by atoms with Crippen molar-refractivity contribution < 1.29 is 8.78 Å². The smallest absolute Gasteiger partial charge is 0.143 e. The maximum absolute atomic E-state index is 13.5. The number of nitrogens with zero attached hydrogens (tertiary/aromatic N) is 1. The molecule has 0 fully saturated rings. The van der Waals surface area contributed by atoms with E-state index in [0.717, 1.165) is 0 Å². The lowest BCUT2D eigenvalue weighted by atomic mass is 10.1. The molecule has 0 aliphatic heterocycles. The van der Waals surface area contributed by atoms with Gasteiger partial charge in [-0.15, -0.1) is 0 Å². The number of anilines is 3. The van der Waals surface area contributed by atoms with E-state index < -0.39 is 11.6 Å². The van der Waals surface area contributed by atoms with E-state index in [1.807, 2.05) is 22.6 Å². The molecule has 0 amide bonds. The van der Waals surface area contributed by atoms with Crippen LogP contribution in [0.2, 0.25) is 0 Å². The highest BCUT2D eigenvalue weighted by atomic mass is 127. The Morgan fingerprint density at radius 2 is 1.89 bits per heavy atom. The Hall–Kier alpha value is -1.88. The number of nitrogen functional groups attached to an aromatic ring is 1. The molecule has 2 rings (SSSR count). The van der Waals surface area contributed by atoms with Crippen LogP contribution < -0.4 is 11.1 Å². The first-order valence-corrected chi connectivity index (χ1v) is 6.31. The molecular weight excluding hydrogens is 363 g/mol. The molecule has 6 heteroatoms. The van der Waals surface area contributed by atoms with Crippen LogP contribution in [-0.2, 0) is 0 Å². The van der Waals surface area contributed by atoms with Crippen molar-refractivity contribution >= 4 is 39.7 Å². The molecule has 0 aromatic heterocycles. The van der Waals surface area contributed by atoms with Crippen LogP contribution in [0.25, 0.3) is 0 Å². The van der Waals surface area contributed by atoms with Crippen LogP contribution in [0.5, 0.6) is 0 Å². The highest BCUT2D eigenvalue weighted by Crippen LogP contribution is 2.29. The second kappa shape index (κ2) is 5.40. The van der Waals surface area contributed by atoms with E-state index in [4.69, 9.17) is 11.0 Å². The normalized spacial score (nSPS) is 10.0. The number of hydrogen-bond acceptors (Lipinski definition) is 3. The molecule has 0 saturated carbocycles. The zero-order valence-corrected chi connectivity index (χ0v) is 11.7. The molecule has 0 aliphatic carbocycles. The van der Waals surface area contributed by atoms with Gasteiger partial charge in [0.1, 0.15) is 23.3 Å². The molecule has 3 N–H and O–H groups in total. The summed E-state index contributed by atoms with van der Waals surface area (Å²) in [5.74, 6) is -1.08. The predicted molar refractivity (Wildman–Crippen MR) is 77.9 cm³/mol. The van der Waals surface area contributed by atoms with Gasteiger partial charge in [-0.25, -0.2) is 8.78 Å². The van der Waals surface area contributed by atoms with Gasteiger partial charge in [0.25, 0.3) is 0 Å². The number of hydrogen-bond donors (Lipinski definition) is 2. The third-order valence-corrected chi connectivity index (χ3v) is 3.31. The summed E-state index contributed by atoms with van der Waals surface area (Å²) < 4.78 is 27.3. The van der Waals surface area contributed by atoms with Crippen molar-refractivity contribution in [1.29, 1.82) is 5.26 Å². The van der Waals surface area contributed by atoms with Crippen molar-refractivity contribution in [2.24, 2.45) is 0 Å². The van der Waals surface area contributed by atoms with Crippen LogP contribution >= 0.6 is 22.6 Å². The first kappa shape index (κ1) is 13.5. The number of benzene rings is 2. The van der Waals surface area contributed by atoms with E-state index in [9.17, 15) is 8.78 Å². The molecule has 0 unspecified atom stereocenters. The molecule has 19 heavy (non-hydrogen) atoms. The Labute approximate surface area is 122 Å². The fourth-order valence-corrected chi connectivity index (χ4v) is 2.05. The van der Waals surface area contributed by atoms with Crippen LogP contribution in [0.15, 0.2) is 30.3 Å². The zero-order valence-electron chi connectivity index (χ0n) is 9.55. The second-order valence-corrected chi connectivity index (χ2v) is 4.91. The van der Waals surface area contributed by atoms with Gasteiger partial charge in [-0.3, -0.25) is 0 Å². The lowest BCUT2D eigenvalue weighted by Gasteiger charge is -2.11. The van der Waals surface area contributed by atoms with Gasteiger partial charge in [-0.2, -0.15) is 5.26 Å². The largest absolute Gasteiger partial charge is 0.397 e. The number of nitrogens with two attached hydrogens (primary N) is 1. The first-order chi connectivity index (χ1) is 9.02. The molecule has 0 heterocycles. The number of nitriles is 1. The van der Waals surface area contributed by atoms with Crippen molar-refractivity contribution in [3.8, 4) is 6.07 Å². The van der Waals surface area contributed by atoms with Crippen LogP contribution in [0, 0.1) is 26.5 Å². The summed E-state index contributed by atoms with van der Waals surface area (Å²) in [5.41, 5.74) is 6.47. The van der Waals surface area contributed by atoms with Gasteiger partial charge in [0.2, 0.25) is 0 Å². The fourth-order valence-electron chi connectivity index (χ4n) is 1.56. The minimum atomic E-state index is -0.642. The third-order valence-electron chi connectivity index (χ3n) is 2.49. The first-order valence-electron chi connectivity index (χ1n) is 5.23. The van der Waals surface area contributed by atoms with Crippen molar-refractivity contribution in [3.63, 3.8) is 0 Å². The Bertz CT molecular complexity index is 680. The highest BCUT2D eigenvalue weighted by molar-refractivity contribution is 14.1.